The molecule has 2 heterocycles. The highest BCUT2D eigenvalue weighted by Gasteiger charge is 2.28. The number of carbonyl (C=O) groups is 2. The molecule has 2 aliphatic rings. The van der Waals surface area contributed by atoms with Gasteiger partial charge in [-0.1, -0.05) is 6.92 Å². The second kappa shape index (κ2) is 7.99. The van der Waals surface area contributed by atoms with Crippen molar-refractivity contribution < 1.29 is 9.59 Å². The van der Waals surface area contributed by atoms with Crippen LogP contribution in [0.5, 0.6) is 0 Å². The van der Waals surface area contributed by atoms with Crippen LogP contribution in [0.3, 0.4) is 0 Å². The van der Waals surface area contributed by atoms with Crippen LogP contribution in [0, 0.1) is 0 Å². The summed E-state index contributed by atoms with van der Waals surface area (Å²) < 4.78 is 0. The van der Waals surface area contributed by atoms with E-state index in [-0.39, 0.29) is 24.2 Å². The third-order valence-corrected chi connectivity index (χ3v) is 4.80. The van der Waals surface area contributed by atoms with Crippen molar-refractivity contribution >= 4 is 29.9 Å². The monoisotopic (exact) mass is 351 g/mol. The van der Waals surface area contributed by atoms with Gasteiger partial charge < -0.3 is 15.1 Å². The first-order valence-corrected chi connectivity index (χ1v) is 8.54. The van der Waals surface area contributed by atoms with Crippen LogP contribution >= 0.6 is 12.4 Å². The van der Waals surface area contributed by atoms with Gasteiger partial charge >= 0.3 is 0 Å². The molecule has 1 aromatic rings. The summed E-state index contributed by atoms with van der Waals surface area (Å²) in [4.78, 5) is 28.4. The molecule has 1 fully saturated rings. The highest BCUT2D eigenvalue weighted by atomic mass is 35.5. The van der Waals surface area contributed by atoms with Gasteiger partial charge in [0.2, 0.25) is 5.91 Å². The second-order valence-corrected chi connectivity index (χ2v) is 6.41. The van der Waals surface area contributed by atoms with E-state index in [1.165, 1.54) is 0 Å². The summed E-state index contributed by atoms with van der Waals surface area (Å²) in [5.74, 6) is 0.178. The fourth-order valence-electron chi connectivity index (χ4n) is 3.62. The quantitative estimate of drug-likeness (QED) is 0.905. The average molecular weight is 352 g/mol. The van der Waals surface area contributed by atoms with Crippen LogP contribution in [0.1, 0.15) is 42.6 Å². The third kappa shape index (κ3) is 3.57. The fraction of sp³-hybridized carbons (Fsp3) is 0.556. The van der Waals surface area contributed by atoms with Gasteiger partial charge in [0.25, 0.3) is 5.91 Å². The highest BCUT2D eigenvalue weighted by Crippen LogP contribution is 2.29. The van der Waals surface area contributed by atoms with Gasteiger partial charge in [0.15, 0.2) is 0 Å². The van der Waals surface area contributed by atoms with Gasteiger partial charge in [0.1, 0.15) is 0 Å². The first-order valence-electron chi connectivity index (χ1n) is 8.54. The molecule has 1 aromatic carbocycles. The summed E-state index contributed by atoms with van der Waals surface area (Å²) in [5.41, 5.74) is 2.81. The van der Waals surface area contributed by atoms with Crippen LogP contribution in [-0.2, 0) is 11.2 Å². The van der Waals surface area contributed by atoms with Crippen molar-refractivity contribution in [1.29, 1.82) is 0 Å². The Morgan fingerprint density at radius 1 is 1.38 bits per heavy atom. The third-order valence-electron chi connectivity index (χ3n) is 4.80. The summed E-state index contributed by atoms with van der Waals surface area (Å²) in [7, 11) is 0. The predicted molar refractivity (Wildman–Crippen MR) is 98.0 cm³/mol. The van der Waals surface area contributed by atoms with E-state index in [0.717, 1.165) is 55.7 Å². The smallest absolute Gasteiger partial charge is 0.254 e. The highest BCUT2D eigenvalue weighted by molar-refractivity contribution is 5.98. The van der Waals surface area contributed by atoms with Crippen molar-refractivity contribution in [3.05, 3.63) is 29.3 Å². The number of hydrogen-bond acceptors (Lipinski definition) is 3. The maximum atomic E-state index is 13.0. The number of rotatable bonds is 4. The van der Waals surface area contributed by atoms with Crippen molar-refractivity contribution in [2.45, 2.75) is 39.2 Å². The lowest BCUT2D eigenvalue weighted by atomic mass is 10.1. The minimum Gasteiger partial charge on any atom is -0.334 e. The second-order valence-electron chi connectivity index (χ2n) is 6.41. The van der Waals surface area contributed by atoms with Gasteiger partial charge in [-0.3, -0.25) is 9.59 Å². The Morgan fingerprint density at radius 3 is 2.79 bits per heavy atom. The van der Waals surface area contributed by atoms with E-state index in [4.69, 9.17) is 0 Å². The molecule has 0 spiro atoms. The summed E-state index contributed by atoms with van der Waals surface area (Å²) in [5, 5.41) is 3.34. The number of benzene rings is 1. The zero-order chi connectivity index (χ0) is 16.4. The van der Waals surface area contributed by atoms with E-state index in [0.29, 0.717) is 12.6 Å². The predicted octanol–water partition coefficient (Wildman–Crippen LogP) is 2.23. The van der Waals surface area contributed by atoms with Gasteiger partial charge in [-0.25, -0.2) is 0 Å². The number of halogens is 1. The van der Waals surface area contributed by atoms with Crippen LogP contribution in [0.25, 0.3) is 0 Å². The van der Waals surface area contributed by atoms with Crippen LogP contribution in [-0.4, -0.2) is 48.9 Å². The molecule has 3 rings (SSSR count). The topological polar surface area (TPSA) is 52.7 Å². The van der Waals surface area contributed by atoms with Crippen LogP contribution in [0.15, 0.2) is 18.2 Å². The van der Waals surface area contributed by atoms with E-state index in [2.05, 4.69) is 12.2 Å². The van der Waals surface area contributed by atoms with Crippen LogP contribution in [0.2, 0.25) is 0 Å². The molecule has 0 bridgehead atoms. The molecule has 24 heavy (non-hydrogen) atoms. The molecule has 1 saturated heterocycles. The largest absolute Gasteiger partial charge is 0.334 e. The van der Waals surface area contributed by atoms with Crippen molar-refractivity contribution in [3.8, 4) is 0 Å². The van der Waals surface area contributed by atoms with Gasteiger partial charge in [-0.05, 0) is 49.6 Å². The van der Waals surface area contributed by atoms with Crippen molar-refractivity contribution in [2.24, 2.45) is 0 Å². The molecule has 0 aliphatic carbocycles. The average Bonchev–Trinajstić information content (AvgIpc) is 3.20. The Hall–Kier alpha value is -1.59. The number of fused-ring (bicyclic) bond motifs is 1. The van der Waals surface area contributed by atoms with Crippen molar-refractivity contribution in [3.63, 3.8) is 0 Å². The molecule has 5 nitrogen and oxygen atoms in total. The summed E-state index contributed by atoms with van der Waals surface area (Å²) >= 11 is 0. The van der Waals surface area contributed by atoms with E-state index in [1.807, 2.05) is 23.1 Å². The molecule has 0 saturated carbocycles. The molecule has 0 aromatic heterocycles. The van der Waals surface area contributed by atoms with Crippen molar-refractivity contribution in [2.75, 3.05) is 31.1 Å². The summed E-state index contributed by atoms with van der Waals surface area (Å²) in [6.45, 7) is 7.07. The molecule has 1 unspecified atom stereocenters. The molecule has 6 heteroatoms. The Balaban J connectivity index is 0.00000208. The van der Waals surface area contributed by atoms with E-state index in [1.54, 1.807) is 11.8 Å². The molecule has 0 radical (unpaired) electrons. The molecule has 1 N–H and O–H groups in total. The molecular formula is C18H26ClN3O2. The zero-order valence-electron chi connectivity index (χ0n) is 14.4. The number of carbonyl (C=O) groups excluding carboxylic acids is 2. The fourth-order valence-corrected chi connectivity index (χ4v) is 3.62. The van der Waals surface area contributed by atoms with E-state index in [9.17, 15) is 9.59 Å². The SMILES string of the molecule is CCCN(C(=O)c1ccc2c(c1)CCN2C(C)=O)C1CCNC1.Cl. The first-order chi connectivity index (χ1) is 11.1. The Labute approximate surface area is 149 Å². The van der Waals surface area contributed by atoms with Gasteiger partial charge in [0.05, 0.1) is 0 Å². The molecule has 1 atom stereocenters. The van der Waals surface area contributed by atoms with Crippen molar-refractivity contribution in [1.82, 2.24) is 10.2 Å². The zero-order valence-corrected chi connectivity index (χ0v) is 15.2. The normalized spacial score (nSPS) is 18.9. The Bertz CT molecular complexity index is 614. The maximum Gasteiger partial charge on any atom is 0.254 e. The first kappa shape index (κ1) is 18.7. The molecular weight excluding hydrogens is 326 g/mol. The minimum absolute atomic E-state index is 0. The maximum absolute atomic E-state index is 13.0. The van der Waals surface area contributed by atoms with E-state index < -0.39 is 0 Å². The number of nitrogens with one attached hydrogen (secondary N) is 1. The van der Waals surface area contributed by atoms with Gasteiger partial charge in [-0.15, -0.1) is 12.4 Å². The van der Waals surface area contributed by atoms with Crippen LogP contribution < -0.4 is 10.2 Å². The van der Waals surface area contributed by atoms with Gasteiger partial charge in [-0.2, -0.15) is 0 Å². The lowest BCUT2D eigenvalue weighted by Crippen LogP contribution is -2.42. The van der Waals surface area contributed by atoms with Crippen LogP contribution in [0.4, 0.5) is 5.69 Å². The lowest BCUT2D eigenvalue weighted by molar-refractivity contribution is -0.116. The lowest BCUT2D eigenvalue weighted by Gasteiger charge is -2.28. The molecule has 132 valence electrons. The summed E-state index contributed by atoms with van der Waals surface area (Å²) in [6.07, 6.45) is 2.81. The minimum atomic E-state index is 0. The van der Waals surface area contributed by atoms with Gasteiger partial charge in [0, 0.05) is 43.9 Å². The number of nitrogens with zero attached hydrogens (tertiary/aromatic N) is 2. The number of amides is 2. The summed E-state index contributed by atoms with van der Waals surface area (Å²) in [6, 6.07) is 6.07. The standard InChI is InChI=1S/C18H25N3O2.ClH/c1-3-9-21(16-6-8-19-12-16)18(23)15-4-5-17-14(11-15)7-10-20(17)13(2)22;/h4-5,11,16,19H,3,6-10,12H2,1-2H3;1H. The number of hydrogen-bond donors (Lipinski definition) is 1. The molecule has 2 aliphatic heterocycles. The molecule has 2 amide bonds. The Morgan fingerprint density at radius 2 is 2.17 bits per heavy atom. The van der Waals surface area contributed by atoms with E-state index >= 15 is 0 Å². The Kier molecular flexibility index (Phi) is 6.24. The number of anilines is 1.